The summed E-state index contributed by atoms with van der Waals surface area (Å²) in [7, 11) is 6.34. The number of esters is 1. The molecule has 0 aromatic heterocycles. The van der Waals surface area contributed by atoms with Crippen LogP contribution in [0.3, 0.4) is 0 Å². The number of carbonyl (C=O) groups is 1. The van der Waals surface area contributed by atoms with Crippen molar-refractivity contribution in [1.82, 2.24) is 0 Å². The van der Waals surface area contributed by atoms with Gasteiger partial charge in [0.1, 0.15) is 0 Å². The van der Waals surface area contributed by atoms with Crippen LogP contribution in [0.2, 0.25) is 0 Å². The van der Waals surface area contributed by atoms with Gasteiger partial charge in [-0.1, -0.05) is 52.4 Å². The summed E-state index contributed by atoms with van der Waals surface area (Å²) in [5, 5.41) is 0. The maximum absolute atomic E-state index is 12.8. The van der Waals surface area contributed by atoms with Crippen molar-refractivity contribution in [3.8, 4) is 34.5 Å². The lowest BCUT2D eigenvalue weighted by Gasteiger charge is -2.19. The van der Waals surface area contributed by atoms with E-state index in [1.54, 1.807) is 28.4 Å². The van der Waals surface area contributed by atoms with E-state index in [0.717, 1.165) is 36.8 Å². The first-order chi connectivity index (χ1) is 20.5. The number of ether oxygens (including phenoxy) is 7. The first-order valence-corrected chi connectivity index (χ1v) is 15.1. The van der Waals surface area contributed by atoms with E-state index in [1.807, 2.05) is 30.3 Å². The van der Waals surface area contributed by atoms with Gasteiger partial charge in [0, 0.05) is 11.5 Å². The zero-order chi connectivity index (χ0) is 30.3. The minimum Gasteiger partial charge on any atom is -0.493 e. The Balaban J connectivity index is 1.88. The second kappa shape index (κ2) is 17.4. The SMILES string of the molecule is CCCCCCOc1cc(C[C@@H]2COC(=O)/C2=C/c2cc(OC)c(OC)c(OC)c2)cc(OC)c1OCCCCCC. The van der Waals surface area contributed by atoms with Crippen molar-refractivity contribution in [3.63, 3.8) is 0 Å². The molecule has 1 atom stereocenters. The lowest BCUT2D eigenvalue weighted by atomic mass is 9.92. The average Bonchev–Trinajstić information content (AvgIpc) is 3.34. The minimum absolute atomic E-state index is 0.153. The molecule has 1 saturated heterocycles. The molecule has 0 spiro atoms. The van der Waals surface area contributed by atoms with E-state index >= 15 is 0 Å². The molecule has 8 nitrogen and oxygen atoms in total. The zero-order valence-electron chi connectivity index (χ0n) is 26.2. The summed E-state index contributed by atoms with van der Waals surface area (Å²) >= 11 is 0. The number of methoxy groups -OCH3 is 4. The summed E-state index contributed by atoms with van der Waals surface area (Å²) < 4.78 is 40.2. The highest BCUT2D eigenvalue weighted by atomic mass is 16.5. The van der Waals surface area contributed by atoms with Crippen molar-refractivity contribution in [2.75, 3.05) is 48.3 Å². The number of hydrogen-bond donors (Lipinski definition) is 0. The van der Waals surface area contributed by atoms with Gasteiger partial charge in [-0.25, -0.2) is 4.79 Å². The molecule has 232 valence electrons. The van der Waals surface area contributed by atoms with Gasteiger partial charge in [0.2, 0.25) is 11.5 Å². The van der Waals surface area contributed by atoms with E-state index in [4.69, 9.17) is 33.2 Å². The van der Waals surface area contributed by atoms with Crippen LogP contribution in [0.5, 0.6) is 34.5 Å². The molecule has 8 heteroatoms. The van der Waals surface area contributed by atoms with Gasteiger partial charge in [-0.05, 0) is 60.7 Å². The fraction of sp³-hybridized carbons (Fsp3) is 0.559. The maximum Gasteiger partial charge on any atom is 0.334 e. The molecule has 1 fully saturated rings. The Hall–Kier alpha value is -3.55. The highest BCUT2D eigenvalue weighted by Gasteiger charge is 2.31. The third-order valence-electron chi connectivity index (χ3n) is 7.38. The number of rotatable bonds is 19. The van der Waals surface area contributed by atoms with E-state index in [1.165, 1.54) is 25.7 Å². The van der Waals surface area contributed by atoms with Gasteiger partial charge in [-0.2, -0.15) is 0 Å². The molecular formula is C34H48O8. The number of cyclic esters (lactones) is 1. The van der Waals surface area contributed by atoms with Crippen LogP contribution in [0.4, 0.5) is 0 Å². The second-order valence-electron chi connectivity index (χ2n) is 10.5. The predicted octanol–water partition coefficient (Wildman–Crippen LogP) is 7.44. The molecule has 1 aliphatic heterocycles. The average molecular weight is 585 g/mol. The van der Waals surface area contributed by atoms with Crippen LogP contribution < -0.4 is 28.4 Å². The summed E-state index contributed by atoms with van der Waals surface area (Å²) in [5.41, 5.74) is 2.32. The molecule has 0 unspecified atom stereocenters. The smallest absolute Gasteiger partial charge is 0.334 e. The quantitative estimate of drug-likeness (QED) is 0.0957. The van der Waals surface area contributed by atoms with Crippen molar-refractivity contribution in [3.05, 3.63) is 41.0 Å². The van der Waals surface area contributed by atoms with Gasteiger partial charge in [0.15, 0.2) is 23.0 Å². The molecule has 0 N–H and O–H groups in total. The highest BCUT2D eigenvalue weighted by molar-refractivity contribution is 5.96. The molecule has 42 heavy (non-hydrogen) atoms. The normalized spacial score (nSPS) is 15.4. The number of benzene rings is 2. The topological polar surface area (TPSA) is 81.7 Å². The van der Waals surface area contributed by atoms with Crippen molar-refractivity contribution in [2.45, 2.75) is 71.6 Å². The van der Waals surface area contributed by atoms with Crippen LogP contribution in [0.15, 0.2) is 29.8 Å². The molecular weight excluding hydrogens is 536 g/mol. The van der Waals surface area contributed by atoms with E-state index in [2.05, 4.69) is 13.8 Å². The lowest BCUT2D eigenvalue weighted by Crippen LogP contribution is -2.09. The van der Waals surface area contributed by atoms with Crippen LogP contribution in [-0.2, 0) is 16.0 Å². The van der Waals surface area contributed by atoms with Crippen molar-refractivity contribution >= 4 is 12.0 Å². The monoisotopic (exact) mass is 584 g/mol. The van der Waals surface area contributed by atoms with Crippen molar-refractivity contribution < 1.29 is 38.0 Å². The third kappa shape index (κ3) is 8.97. The number of unbranched alkanes of at least 4 members (excludes halogenated alkanes) is 6. The zero-order valence-corrected chi connectivity index (χ0v) is 26.2. The molecule has 2 aromatic carbocycles. The number of hydrogen-bond acceptors (Lipinski definition) is 8. The number of carbonyl (C=O) groups excluding carboxylic acids is 1. The summed E-state index contributed by atoms with van der Waals surface area (Å²) in [6.45, 7) is 5.90. The third-order valence-corrected chi connectivity index (χ3v) is 7.38. The molecule has 2 aromatic rings. The van der Waals surface area contributed by atoms with E-state index < -0.39 is 0 Å². The predicted molar refractivity (Wildman–Crippen MR) is 164 cm³/mol. The lowest BCUT2D eigenvalue weighted by molar-refractivity contribution is -0.135. The van der Waals surface area contributed by atoms with Gasteiger partial charge in [-0.3, -0.25) is 0 Å². The minimum atomic E-state index is -0.333. The summed E-state index contributed by atoms with van der Waals surface area (Å²) in [4.78, 5) is 12.8. The molecule has 0 bridgehead atoms. The Bertz CT molecular complexity index is 1150. The van der Waals surface area contributed by atoms with Gasteiger partial charge in [0.05, 0.1) is 48.3 Å². The van der Waals surface area contributed by atoms with Crippen molar-refractivity contribution in [2.24, 2.45) is 5.92 Å². The summed E-state index contributed by atoms with van der Waals surface area (Å²) in [6, 6.07) is 7.63. The van der Waals surface area contributed by atoms with Crippen LogP contribution >= 0.6 is 0 Å². The van der Waals surface area contributed by atoms with Crippen LogP contribution in [0.25, 0.3) is 6.08 Å². The summed E-state index contributed by atoms with van der Waals surface area (Å²) in [6.07, 6.45) is 11.3. The van der Waals surface area contributed by atoms with Crippen LogP contribution in [-0.4, -0.2) is 54.2 Å². The van der Waals surface area contributed by atoms with Gasteiger partial charge >= 0.3 is 5.97 Å². The van der Waals surface area contributed by atoms with Crippen LogP contribution in [0, 0.1) is 5.92 Å². The second-order valence-corrected chi connectivity index (χ2v) is 10.5. The molecule has 1 aliphatic rings. The molecule has 0 radical (unpaired) electrons. The van der Waals surface area contributed by atoms with Gasteiger partial charge in [-0.15, -0.1) is 0 Å². The van der Waals surface area contributed by atoms with E-state index in [9.17, 15) is 4.79 Å². The Morgan fingerprint density at radius 3 is 1.86 bits per heavy atom. The molecule has 0 saturated carbocycles. The van der Waals surface area contributed by atoms with Gasteiger partial charge in [0.25, 0.3) is 0 Å². The van der Waals surface area contributed by atoms with E-state index in [0.29, 0.717) is 66.3 Å². The molecule has 0 aliphatic carbocycles. The Morgan fingerprint density at radius 2 is 1.29 bits per heavy atom. The van der Waals surface area contributed by atoms with E-state index in [-0.39, 0.29) is 11.9 Å². The van der Waals surface area contributed by atoms with Crippen molar-refractivity contribution in [1.29, 1.82) is 0 Å². The molecule has 0 amide bonds. The largest absolute Gasteiger partial charge is 0.493 e. The standard InChI is InChI=1S/C34H48O8/c1-7-9-11-13-15-40-31-22-24(19-30(38-5)33(31)41-16-14-12-10-8-2)17-26-23-42-34(35)27(26)18-25-20-28(36-3)32(39-6)29(21-25)37-4/h18-22,26H,7-17,23H2,1-6H3/b27-18+/t26-/m1/s1. The Morgan fingerprint density at radius 1 is 0.714 bits per heavy atom. The first kappa shape index (κ1) is 33.0. The Kier molecular flexibility index (Phi) is 13.7. The fourth-order valence-corrected chi connectivity index (χ4v) is 5.07. The maximum atomic E-state index is 12.8. The van der Waals surface area contributed by atoms with Gasteiger partial charge < -0.3 is 33.2 Å². The molecule has 1 heterocycles. The Labute approximate surface area is 251 Å². The first-order valence-electron chi connectivity index (χ1n) is 15.1. The fourth-order valence-electron chi connectivity index (χ4n) is 5.07. The van der Waals surface area contributed by atoms with Crippen LogP contribution in [0.1, 0.15) is 76.3 Å². The molecule has 3 rings (SSSR count). The highest BCUT2D eigenvalue weighted by Crippen LogP contribution is 2.42. The summed E-state index contributed by atoms with van der Waals surface area (Å²) in [5.74, 6) is 2.99.